The van der Waals surface area contributed by atoms with E-state index >= 15 is 0 Å². The zero-order chi connectivity index (χ0) is 20.6. The molecule has 7 nitrogen and oxygen atoms in total. The molecule has 0 radical (unpaired) electrons. The van der Waals surface area contributed by atoms with Crippen molar-refractivity contribution in [2.75, 3.05) is 18.4 Å². The van der Waals surface area contributed by atoms with Gasteiger partial charge < -0.3 is 19.5 Å². The van der Waals surface area contributed by atoms with Crippen LogP contribution in [0.2, 0.25) is 5.02 Å². The Morgan fingerprint density at radius 1 is 0.966 bits per heavy atom. The molecule has 2 N–H and O–H groups in total. The molecule has 0 bridgehead atoms. The quantitative estimate of drug-likeness (QED) is 0.557. The second-order valence-electron chi connectivity index (χ2n) is 6.54. The lowest BCUT2D eigenvalue weighted by atomic mass is 10.2. The van der Waals surface area contributed by atoms with Gasteiger partial charge in [-0.15, -0.1) is 0 Å². The van der Waals surface area contributed by atoms with Crippen molar-refractivity contribution >= 4 is 29.1 Å². The summed E-state index contributed by atoms with van der Waals surface area (Å²) in [5.41, 5.74) is 1.39. The topological polar surface area (TPSA) is 87.7 Å². The van der Waals surface area contributed by atoms with Gasteiger partial charge in [-0.3, -0.25) is 14.5 Å². The molecule has 2 amide bonds. The Kier molecular flexibility index (Phi) is 7.10. The first kappa shape index (κ1) is 20.7. The summed E-state index contributed by atoms with van der Waals surface area (Å²) in [7, 11) is 0. The number of hydrogen-bond acceptors (Lipinski definition) is 5. The first-order valence-electron chi connectivity index (χ1n) is 9.10. The van der Waals surface area contributed by atoms with Crippen LogP contribution in [0.25, 0.3) is 0 Å². The summed E-state index contributed by atoms with van der Waals surface area (Å²) in [6.45, 7) is 2.65. The fraction of sp³-hybridized carbons (Fsp3) is 0.238. The van der Waals surface area contributed by atoms with E-state index in [1.165, 1.54) is 0 Å². The lowest BCUT2D eigenvalue weighted by Crippen LogP contribution is -2.40. The monoisotopic (exact) mass is 415 g/mol. The second-order valence-corrected chi connectivity index (χ2v) is 6.95. The minimum absolute atomic E-state index is 0.0882. The van der Waals surface area contributed by atoms with Gasteiger partial charge in [0.25, 0.3) is 0 Å². The van der Waals surface area contributed by atoms with Crippen molar-refractivity contribution in [1.29, 1.82) is 0 Å². The van der Waals surface area contributed by atoms with Gasteiger partial charge in [0.05, 0.1) is 38.7 Å². The highest BCUT2D eigenvalue weighted by Crippen LogP contribution is 2.22. The van der Waals surface area contributed by atoms with Crippen LogP contribution in [0.4, 0.5) is 5.69 Å². The third-order valence-electron chi connectivity index (χ3n) is 4.27. The molecule has 3 aromatic rings. The number of benzene rings is 1. The van der Waals surface area contributed by atoms with Gasteiger partial charge >= 0.3 is 0 Å². The summed E-state index contributed by atoms with van der Waals surface area (Å²) < 4.78 is 10.7. The molecule has 0 unspecified atom stereocenters. The Bertz CT molecular complexity index is 903. The molecule has 2 heterocycles. The maximum atomic E-state index is 12.4. The molecule has 0 saturated carbocycles. The summed E-state index contributed by atoms with van der Waals surface area (Å²) in [5, 5.41) is 5.96. The van der Waals surface area contributed by atoms with E-state index in [9.17, 15) is 9.59 Å². The zero-order valence-corrected chi connectivity index (χ0v) is 16.7. The number of carbonyl (C=O) groups excluding carboxylic acids is 2. The number of rotatable bonds is 9. The maximum Gasteiger partial charge on any atom is 0.243 e. The Labute approximate surface area is 173 Å². The zero-order valence-electron chi connectivity index (χ0n) is 16.0. The molecule has 29 heavy (non-hydrogen) atoms. The summed E-state index contributed by atoms with van der Waals surface area (Å²) in [6.07, 6.45) is 3.17. The first-order valence-corrected chi connectivity index (χ1v) is 9.48. The third kappa shape index (κ3) is 6.23. The van der Waals surface area contributed by atoms with Crippen molar-refractivity contribution in [2.45, 2.75) is 20.0 Å². The number of nitrogens with zero attached hydrogens (tertiary/aromatic N) is 1. The number of carbonyl (C=O) groups is 2. The van der Waals surface area contributed by atoms with Gasteiger partial charge in [-0.1, -0.05) is 17.7 Å². The molecular weight excluding hydrogens is 394 g/mol. The summed E-state index contributed by atoms with van der Waals surface area (Å²) in [4.78, 5) is 26.4. The van der Waals surface area contributed by atoms with Gasteiger partial charge in [0.1, 0.15) is 11.5 Å². The van der Waals surface area contributed by atoms with Crippen molar-refractivity contribution < 1.29 is 18.4 Å². The number of hydrogen-bond donors (Lipinski definition) is 2. The molecular formula is C21H22ClN3O4. The minimum Gasteiger partial charge on any atom is -0.468 e. The van der Waals surface area contributed by atoms with Crippen LogP contribution in [-0.2, 0) is 22.7 Å². The van der Waals surface area contributed by atoms with Crippen LogP contribution in [-0.4, -0.2) is 29.8 Å². The highest BCUT2D eigenvalue weighted by molar-refractivity contribution is 6.31. The van der Waals surface area contributed by atoms with Crippen LogP contribution in [0.1, 0.15) is 17.1 Å². The van der Waals surface area contributed by atoms with Gasteiger partial charge in [0.2, 0.25) is 11.8 Å². The van der Waals surface area contributed by atoms with Crippen LogP contribution in [0, 0.1) is 6.92 Å². The predicted octanol–water partition coefficient (Wildman–Crippen LogP) is 3.59. The van der Waals surface area contributed by atoms with E-state index < -0.39 is 0 Å². The minimum atomic E-state index is -0.327. The van der Waals surface area contributed by atoms with E-state index in [4.69, 9.17) is 20.4 Å². The predicted molar refractivity (Wildman–Crippen MR) is 109 cm³/mol. The molecule has 0 saturated heterocycles. The van der Waals surface area contributed by atoms with Crippen LogP contribution in [0.5, 0.6) is 0 Å². The van der Waals surface area contributed by atoms with E-state index in [0.717, 1.165) is 17.1 Å². The Morgan fingerprint density at radius 3 is 2.21 bits per heavy atom. The summed E-state index contributed by atoms with van der Waals surface area (Å²) in [5.74, 6) is 0.866. The molecule has 8 heteroatoms. The molecule has 0 aliphatic rings. The van der Waals surface area contributed by atoms with Crippen LogP contribution in [0.15, 0.2) is 63.8 Å². The van der Waals surface area contributed by atoms with E-state index in [1.54, 1.807) is 42.9 Å². The van der Waals surface area contributed by atoms with Gasteiger partial charge in [0.15, 0.2) is 0 Å². The van der Waals surface area contributed by atoms with Crippen molar-refractivity contribution in [1.82, 2.24) is 10.2 Å². The first-order chi connectivity index (χ1) is 14.0. The Balaban J connectivity index is 1.52. The van der Waals surface area contributed by atoms with Gasteiger partial charge in [-0.05, 0) is 48.9 Å². The number of amides is 2. The molecule has 3 rings (SSSR count). The highest BCUT2D eigenvalue weighted by atomic mass is 35.5. The fourth-order valence-electron chi connectivity index (χ4n) is 2.79. The standard InChI is InChI=1S/C21H22ClN3O4/c1-15-18(22)7-2-8-19(15)24-20(26)11-23-21(27)14-25(12-16-5-3-9-28-16)13-17-6-4-10-29-17/h2-10H,11-14H2,1H3,(H,23,27)(H,24,26). The van der Waals surface area contributed by atoms with Gasteiger partial charge in [0, 0.05) is 10.7 Å². The smallest absolute Gasteiger partial charge is 0.243 e. The van der Waals surface area contributed by atoms with Crippen molar-refractivity contribution in [3.8, 4) is 0 Å². The van der Waals surface area contributed by atoms with Crippen LogP contribution in [0.3, 0.4) is 0 Å². The number of halogens is 1. The average Bonchev–Trinajstić information content (AvgIpc) is 3.38. The third-order valence-corrected chi connectivity index (χ3v) is 4.68. The highest BCUT2D eigenvalue weighted by Gasteiger charge is 2.16. The van der Waals surface area contributed by atoms with Crippen LogP contribution >= 0.6 is 11.6 Å². The number of anilines is 1. The fourth-order valence-corrected chi connectivity index (χ4v) is 2.96. The maximum absolute atomic E-state index is 12.4. The molecule has 0 aliphatic heterocycles. The van der Waals surface area contributed by atoms with Gasteiger partial charge in [-0.2, -0.15) is 0 Å². The molecule has 2 aromatic heterocycles. The van der Waals surface area contributed by atoms with Gasteiger partial charge in [-0.25, -0.2) is 0 Å². The van der Waals surface area contributed by atoms with Crippen LogP contribution < -0.4 is 10.6 Å². The van der Waals surface area contributed by atoms with Crippen molar-refractivity contribution in [3.05, 3.63) is 77.1 Å². The largest absolute Gasteiger partial charge is 0.468 e. The lowest BCUT2D eigenvalue weighted by Gasteiger charge is -2.19. The molecule has 0 aliphatic carbocycles. The summed E-state index contributed by atoms with van der Waals surface area (Å²) >= 11 is 6.06. The molecule has 0 fully saturated rings. The summed E-state index contributed by atoms with van der Waals surface area (Å²) in [6, 6.07) is 12.5. The van der Waals surface area contributed by atoms with E-state index in [-0.39, 0.29) is 24.9 Å². The van der Waals surface area contributed by atoms with Crippen molar-refractivity contribution in [3.63, 3.8) is 0 Å². The Morgan fingerprint density at radius 2 is 1.62 bits per heavy atom. The second kappa shape index (κ2) is 9.95. The molecule has 152 valence electrons. The van der Waals surface area contributed by atoms with E-state index in [0.29, 0.717) is 23.8 Å². The lowest BCUT2D eigenvalue weighted by molar-refractivity contribution is -0.125. The average molecular weight is 416 g/mol. The van der Waals surface area contributed by atoms with E-state index in [1.807, 2.05) is 24.0 Å². The molecule has 1 aromatic carbocycles. The molecule has 0 spiro atoms. The Hall–Kier alpha value is -3.03. The molecule has 0 atom stereocenters. The SMILES string of the molecule is Cc1c(Cl)cccc1NC(=O)CNC(=O)CN(Cc1ccco1)Cc1ccco1. The normalized spacial score (nSPS) is 10.9. The number of furan rings is 2. The van der Waals surface area contributed by atoms with E-state index in [2.05, 4.69) is 10.6 Å². The number of nitrogens with one attached hydrogen (secondary N) is 2. The van der Waals surface area contributed by atoms with Crippen molar-refractivity contribution in [2.24, 2.45) is 0 Å².